The molecule has 4 heteroatoms. The molecule has 0 aliphatic carbocycles. The van der Waals surface area contributed by atoms with Crippen LogP contribution in [0.4, 0.5) is 0 Å². The molecule has 4 nitrogen and oxygen atoms in total. The second-order valence-electron chi connectivity index (χ2n) is 5.13. The van der Waals surface area contributed by atoms with Gasteiger partial charge in [0.2, 0.25) is 0 Å². The molecule has 0 amide bonds. The molecule has 17 heavy (non-hydrogen) atoms. The largest absolute Gasteiger partial charge is 0.486 e. The highest BCUT2D eigenvalue weighted by atomic mass is 16.5. The molecule has 0 radical (unpaired) electrons. The molecule has 0 spiro atoms. The summed E-state index contributed by atoms with van der Waals surface area (Å²) in [6, 6.07) is 3.84. The van der Waals surface area contributed by atoms with Gasteiger partial charge in [-0.25, -0.2) is 4.79 Å². The summed E-state index contributed by atoms with van der Waals surface area (Å²) in [5.41, 5.74) is 1.45. The topological polar surface area (TPSA) is 55.8 Å². The van der Waals surface area contributed by atoms with Crippen molar-refractivity contribution in [3.63, 3.8) is 0 Å². The van der Waals surface area contributed by atoms with E-state index in [1.54, 1.807) is 13.8 Å². The number of carbonyl (C=O) groups excluding carboxylic acids is 1. The van der Waals surface area contributed by atoms with Gasteiger partial charge in [0.1, 0.15) is 24.0 Å². The Balaban J connectivity index is 2.04. The van der Waals surface area contributed by atoms with Gasteiger partial charge in [0.05, 0.1) is 5.60 Å². The van der Waals surface area contributed by atoms with Gasteiger partial charge in [-0.1, -0.05) is 12.1 Å². The normalized spacial score (nSPS) is 21.8. The van der Waals surface area contributed by atoms with Crippen LogP contribution in [0.3, 0.4) is 0 Å². The van der Waals surface area contributed by atoms with Crippen LogP contribution in [0.2, 0.25) is 0 Å². The Morgan fingerprint density at radius 3 is 2.76 bits per heavy atom. The number of hydrogen-bond acceptors (Lipinski definition) is 4. The lowest BCUT2D eigenvalue weighted by molar-refractivity contribution is -0.0232. The minimum absolute atomic E-state index is 0.308. The van der Waals surface area contributed by atoms with E-state index in [0.717, 1.165) is 11.1 Å². The van der Waals surface area contributed by atoms with Gasteiger partial charge in [0.15, 0.2) is 0 Å². The van der Waals surface area contributed by atoms with Crippen molar-refractivity contribution in [3.8, 4) is 5.75 Å². The van der Waals surface area contributed by atoms with E-state index in [-0.39, 0.29) is 12.1 Å². The molecule has 2 heterocycles. The Morgan fingerprint density at radius 1 is 1.35 bits per heavy atom. The van der Waals surface area contributed by atoms with Crippen LogP contribution in [0.25, 0.3) is 0 Å². The van der Waals surface area contributed by atoms with Gasteiger partial charge in [-0.05, 0) is 19.4 Å². The predicted octanol–water partition coefficient (Wildman–Crippen LogP) is 1.43. The zero-order chi connectivity index (χ0) is 12.2. The van der Waals surface area contributed by atoms with Crippen molar-refractivity contribution in [2.24, 2.45) is 0 Å². The monoisotopic (exact) mass is 234 g/mol. The maximum Gasteiger partial charge on any atom is 0.342 e. The molecule has 0 saturated heterocycles. The van der Waals surface area contributed by atoms with E-state index in [1.165, 1.54) is 0 Å². The van der Waals surface area contributed by atoms with Gasteiger partial charge in [0.25, 0.3) is 0 Å². The van der Waals surface area contributed by atoms with Crippen LogP contribution in [0.1, 0.15) is 35.3 Å². The van der Waals surface area contributed by atoms with E-state index in [4.69, 9.17) is 9.47 Å². The number of esters is 1. The minimum Gasteiger partial charge on any atom is -0.486 e. The zero-order valence-electron chi connectivity index (χ0n) is 9.82. The molecule has 0 saturated carbocycles. The first-order valence-electron chi connectivity index (χ1n) is 5.68. The molecular formula is C13H14O4. The van der Waals surface area contributed by atoms with Gasteiger partial charge in [-0.2, -0.15) is 0 Å². The van der Waals surface area contributed by atoms with Gasteiger partial charge in [0, 0.05) is 12.0 Å². The fourth-order valence-corrected chi connectivity index (χ4v) is 2.30. The third-order valence-corrected chi connectivity index (χ3v) is 3.34. The molecule has 1 aromatic carbocycles. The van der Waals surface area contributed by atoms with E-state index in [2.05, 4.69) is 0 Å². The molecule has 2 aliphatic heterocycles. The van der Waals surface area contributed by atoms with Crippen LogP contribution in [-0.2, 0) is 17.8 Å². The Morgan fingerprint density at radius 2 is 2.06 bits per heavy atom. The summed E-state index contributed by atoms with van der Waals surface area (Å²) in [5.74, 6) is 0.269. The maximum atomic E-state index is 11.6. The first kappa shape index (κ1) is 10.6. The van der Waals surface area contributed by atoms with E-state index in [9.17, 15) is 9.90 Å². The Labute approximate surface area is 99.2 Å². The smallest absolute Gasteiger partial charge is 0.342 e. The van der Waals surface area contributed by atoms with E-state index >= 15 is 0 Å². The molecule has 1 N–H and O–H groups in total. The number of hydrogen-bond donors (Lipinski definition) is 1. The van der Waals surface area contributed by atoms with Crippen molar-refractivity contribution >= 4 is 5.97 Å². The lowest BCUT2D eigenvalue weighted by Gasteiger charge is -2.24. The highest BCUT2D eigenvalue weighted by Crippen LogP contribution is 2.40. The molecule has 1 atom stereocenters. The Hall–Kier alpha value is -1.55. The highest BCUT2D eigenvalue weighted by Gasteiger charge is 2.39. The summed E-state index contributed by atoms with van der Waals surface area (Å²) in [6.45, 7) is 3.74. The Kier molecular flexibility index (Phi) is 2.01. The average Bonchev–Trinajstić information content (AvgIpc) is 2.80. The molecule has 1 aromatic rings. The molecule has 0 fully saturated rings. The fraction of sp³-hybridized carbons (Fsp3) is 0.462. The third kappa shape index (κ3) is 1.52. The first-order chi connectivity index (χ1) is 7.97. The SMILES string of the molecule is CC(C)(O)C1Cc2ccc3c(c2O1)C(=O)OC3. The predicted molar refractivity (Wildman–Crippen MR) is 60.0 cm³/mol. The van der Waals surface area contributed by atoms with Crippen LogP contribution >= 0.6 is 0 Å². The zero-order valence-corrected chi connectivity index (χ0v) is 9.82. The molecule has 0 bridgehead atoms. The number of rotatable bonds is 1. The number of fused-ring (bicyclic) bond motifs is 3. The van der Waals surface area contributed by atoms with Crippen molar-refractivity contribution in [2.75, 3.05) is 0 Å². The van der Waals surface area contributed by atoms with Crippen molar-refractivity contribution in [2.45, 2.75) is 38.6 Å². The summed E-state index contributed by atoms with van der Waals surface area (Å²) >= 11 is 0. The van der Waals surface area contributed by atoms with Crippen LogP contribution < -0.4 is 4.74 Å². The number of ether oxygens (including phenoxy) is 2. The van der Waals surface area contributed by atoms with Crippen molar-refractivity contribution in [1.29, 1.82) is 0 Å². The fourth-order valence-electron chi connectivity index (χ4n) is 2.30. The quantitative estimate of drug-likeness (QED) is 0.747. The summed E-state index contributed by atoms with van der Waals surface area (Å²) in [7, 11) is 0. The van der Waals surface area contributed by atoms with Gasteiger partial charge >= 0.3 is 5.97 Å². The minimum atomic E-state index is -0.922. The molecule has 1 unspecified atom stereocenters. The van der Waals surface area contributed by atoms with Gasteiger partial charge < -0.3 is 14.6 Å². The van der Waals surface area contributed by atoms with Crippen molar-refractivity contribution < 1.29 is 19.4 Å². The number of cyclic esters (lactones) is 1. The van der Waals surface area contributed by atoms with Crippen LogP contribution in [0.15, 0.2) is 12.1 Å². The lowest BCUT2D eigenvalue weighted by Crippen LogP contribution is -2.39. The number of carbonyl (C=O) groups is 1. The van der Waals surface area contributed by atoms with Crippen molar-refractivity contribution in [3.05, 3.63) is 28.8 Å². The number of benzene rings is 1. The van der Waals surface area contributed by atoms with Crippen LogP contribution in [-0.4, -0.2) is 22.8 Å². The molecule has 2 aliphatic rings. The average molecular weight is 234 g/mol. The van der Waals surface area contributed by atoms with Crippen LogP contribution in [0, 0.1) is 0 Å². The summed E-state index contributed by atoms with van der Waals surface area (Å²) in [6.07, 6.45) is 0.316. The molecular weight excluding hydrogens is 220 g/mol. The van der Waals surface area contributed by atoms with E-state index in [0.29, 0.717) is 24.3 Å². The van der Waals surface area contributed by atoms with Crippen LogP contribution in [0.5, 0.6) is 5.75 Å². The van der Waals surface area contributed by atoms with Gasteiger partial charge in [-0.3, -0.25) is 0 Å². The van der Waals surface area contributed by atoms with Gasteiger partial charge in [-0.15, -0.1) is 0 Å². The highest BCUT2D eigenvalue weighted by molar-refractivity contribution is 5.97. The van der Waals surface area contributed by atoms with E-state index < -0.39 is 5.60 Å². The maximum absolute atomic E-state index is 11.6. The third-order valence-electron chi connectivity index (χ3n) is 3.34. The van der Waals surface area contributed by atoms with Crippen molar-refractivity contribution in [1.82, 2.24) is 0 Å². The standard InChI is InChI=1S/C13H14O4/c1-13(2,15)9-5-7-3-4-8-6-16-12(14)10(8)11(7)17-9/h3-4,9,15H,5-6H2,1-2H3. The molecule has 90 valence electrons. The lowest BCUT2D eigenvalue weighted by atomic mass is 9.96. The summed E-state index contributed by atoms with van der Waals surface area (Å²) in [4.78, 5) is 11.6. The second kappa shape index (κ2) is 3.23. The molecule has 3 rings (SSSR count). The summed E-state index contributed by atoms with van der Waals surface area (Å²) < 4.78 is 10.7. The second-order valence-corrected chi connectivity index (χ2v) is 5.13. The first-order valence-corrected chi connectivity index (χ1v) is 5.68. The summed E-state index contributed by atoms with van der Waals surface area (Å²) in [5, 5.41) is 9.96. The molecule has 0 aromatic heterocycles. The number of aliphatic hydroxyl groups is 1. The van der Waals surface area contributed by atoms with E-state index in [1.807, 2.05) is 12.1 Å². The Bertz CT molecular complexity index is 499.